The molecule has 0 saturated heterocycles. The third kappa shape index (κ3) is 2.75. The van der Waals surface area contributed by atoms with Gasteiger partial charge in [0, 0.05) is 22.8 Å². The van der Waals surface area contributed by atoms with Gasteiger partial charge < -0.3 is 4.52 Å². The number of nitrogens with zero attached hydrogens (tertiary/aromatic N) is 2. The molecule has 0 aliphatic heterocycles. The van der Waals surface area contributed by atoms with Gasteiger partial charge in [0.1, 0.15) is 5.76 Å². The molecule has 0 unspecified atom stereocenters. The molecule has 17 heavy (non-hydrogen) atoms. The zero-order valence-electron chi connectivity index (χ0n) is 10.7. The lowest BCUT2D eigenvalue weighted by atomic mass is 9.85. The van der Waals surface area contributed by atoms with Gasteiger partial charge in [0.05, 0.1) is 11.9 Å². The van der Waals surface area contributed by atoms with Crippen LogP contribution in [0, 0.1) is 0 Å². The second-order valence-electron chi connectivity index (χ2n) is 5.31. The molecule has 0 amide bonds. The van der Waals surface area contributed by atoms with Gasteiger partial charge in [-0.25, -0.2) is 0 Å². The van der Waals surface area contributed by atoms with E-state index in [4.69, 9.17) is 4.52 Å². The number of aromatic nitrogens is 2. The average Bonchev–Trinajstić information content (AvgIpc) is 2.85. The minimum atomic E-state index is -0.0567. The molecular formula is C13H18N2OS. The second kappa shape index (κ2) is 4.61. The Morgan fingerprint density at radius 1 is 1.41 bits per heavy atom. The maximum absolute atomic E-state index is 5.25. The molecule has 0 saturated carbocycles. The van der Waals surface area contributed by atoms with E-state index in [1.165, 1.54) is 4.88 Å². The van der Waals surface area contributed by atoms with Gasteiger partial charge in [0.15, 0.2) is 0 Å². The van der Waals surface area contributed by atoms with E-state index >= 15 is 0 Å². The van der Waals surface area contributed by atoms with Gasteiger partial charge >= 0.3 is 0 Å². The summed E-state index contributed by atoms with van der Waals surface area (Å²) >= 11 is 1.60. The molecule has 0 bridgehead atoms. The van der Waals surface area contributed by atoms with Crippen molar-refractivity contribution in [2.45, 2.75) is 45.4 Å². The standard InChI is InChI=1S/C13H18N2OS/c1-9(2)11-7-10(15-17-11)8-13(3,4)12-5-6-14-16-12/h5-7,9H,8H2,1-4H3. The second-order valence-corrected chi connectivity index (χ2v) is 6.15. The van der Waals surface area contributed by atoms with Crippen molar-refractivity contribution in [2.24, 2.45) is 0 Å². The predicted octanol–water partition coefficient (Wildman–Crippen LogP) is 3.77. The Bertz CT molecular complexity index is 471. The summed E-state index contributed by atoms with van der Waals surface area (Å²) in [5, 5.41) is 3.77. The predicted molar refractivity (Wildman–Crippen MR) is 69.4 cm³/mol. The van der Waals surface area contributed by atoms with E-state index in [1.54, 1.807) is 17.7 Å². The summed E-state index contributed by atoms with van der Waals surface area (Å²) in [6.45, 7) is 8.70. The Labute approximate surface area is 106 Å². The third-order valence-electron chi connectivity index (χ3n) is 2.87. The largest absolute Gasteiger partial charge is 0.361 e. The molecular weight excluding hydrogens is 232 g/mol. The fourth-order valence-electron chi connectivity index (χ4n) is 1.79. The van der Waals surface area contributed by atoms with Gasteiger partial charge in [-0.2, -0.15) is 4.37 Å². The van der Waals surface area contributed by atoms with Crippen LogP contribution in [0.4, 0.5) is 0 Å². The van der Waals surface area contributed by atoms with E-state index < -0.39 is 0 Å². The number of hydrogen-bond donors (Lipinski definition) is 0. The number of rotatable bonds is 4. The van der Waals surface area contributed by atoms with Crippen LogP contribution in [0.25, 0.3) is 0 Å². The zero-order chi connectivity index (χ0) is 12.5. The van der Waals surface area contributed by atoms with E-state index in [9.17, 15) is 0 Å². The summed E-state index contributed by atoms with van der Waals surface area (Å²) in [6.07, 6.45) is 2.57. The maximum atomic E-state index is 5.25. The van der Waals surface area contributed by atoms with Crippen molar-refractivity contribution in [2.75, 3.05) is 0 Å². The summed E-state index contributed by atoms with van der Waals surface area (Å²) < 4.78 is 9.76. The summed E-state index contributed by atoms with van der Waals surface area (Å²) in [5.74, 6) is 1.46. The van der Waals surface area contributed by atoms with Crippen LogP contribution in [0.2, 0.25) is 0 Å². The summed E-state index contributed by atoms with van der Waals surface area (Å²) in [6, 6.07) is 4.13. The highest BCUT2D eigenvalue weighted by Crippen LogP contribution is 2.29. The van der Waals surface area contributed by atoms with Gasteiger partial charge in [-0.05, 0) is 23.5 Å². The van der Waals surface area contributed by atoms with Crippen LogP contribution in [-0.2, 0) is 11.8 Å². The van der Waals surface area contributed by atoms with Crippen LogP contribution < -0.4 is 0 Å². The molecule has 2 aromatic heterocycles. The first kappa shape index (κ1) is 12.3. The fraction of sp³-hybridized carbons (Fsp3) is 0.538. The fourth-order valence-corrected chi connectivity index (χ4v) is 2.53. The van der Waals surface area contributed by atoms with Crippen molar-refractivity contribution in [1.29, 1.82) is 0 Å². The van der Waals surface area contributed by atoms with Gasteiger partial charge in [-0.1, -0.05) is 32.9 Å². The molecule has 0 N–H and O–H groups in total. The highest BCUT2D eigenvalue weighted by atomic mass is 32.1. The van der Waals surface area contributed by atoms with Crippen molar-refractivity contribution >= 4 is 11.5 Å². The van der Waals surface area contributed by atoms with E-state index in [0.29, 0.717) is 5.92 Å². The van der Waals surface area contributed by atoms with Crippen LogP contribution in [0.3, 0.4) is 0 Å². The van der Waals surface area contributed by atoms with Crippen molar-refractivity contribution < 1.29 is 4.52 Å². The van der Waals surface area contributed by atoms with Crippen molar-refractivity contribution in [1.82, 2.24) is 9.53 Å². The van der Waals surface area contributed by atoms with Crippen LogP contribution in [0.5, 0.6) is 0 Å². The smallest absolute Gasteiger partial charge is 0.142 e. The summed E-state index contributed by atoms with van der Waals surface area (Å²) in [5.41, 5.74) is 1.08. The molecule has 0 fully saturated rings. The molecule has 0 atom stereocenters. The van der Waals surface area contributed by atoms with Crippen LogP contribution in [0.1, 0.15) is 49.9 Å². The highest BCUT2D eigenvalue weighted by Gasteiger charge is 2.26. The summed E-state index contributed by atoms with van der Waals surface area (Å²) in [7, 11) is 0. The molecule has 3 nitrogen and oxygen atoms in total. The van der Waals surface area contributed by atoms with Crippen LogP contribution in [-0.4, -0.2) is 9.53 Å². The molecule has 0 aliphatic carbocycles. The van der Waals surface area contributed by atoms with Crippen LogP contribution >= 0.6 is 11.5 Å². The first-order valence-corrected chi connectivity index (χ1v) is 6.63. The topological polar surface area (TPSA) is 38.9 Å². The third-order valence-corrected chi connectivity index (χ3v) is 4.00. The molecule has 2 aromatic rings. The van der Waals surface area contributed by atoms with E-state index in [1.807, 2.05) is 6.07 Å². The van der Waals surface area contributed by atoms with Gasteiger partial charge in [-0.15, -0.1) is 0 Å². The molecule has 4 heteroatoms. The first-order valence-electron chi connectivity index (χ1n) is 5.86. The zero-order valence-corrected chi connectivity index (χ0v) is 11.5. The minimum Gasteiger partial charge on any atom is -0.361 e. The molecule has 0 aromatic carbocycles. The first-order chi connectivity index (χ1) is 7.99. The number of hydrogen-bond acceptors (Lipinski definition) is 4. The van der Waals surface area contributed by atoms with Crippen LogP contribution in [0.15, 0.2) is 22.9 Å². The lowest BCUT2D eigenvalue weighted by Gasteiger charge is -2.19. The van der Waals surface area contributed by atoms with E-state index in [2.05, 4.69) is 43.3 Å². The van der Waals surface area contributed by atoms with Gasteiger partial charge in [0.25, 0.3) is 0 Å². The van der Waals surface area contributed by atoms with Crippen molar-refractivity contribution in [3.05, 3.63) is 34.7 Å². The normalized spacial score (nSPS) is 12.3. The molecule has 92 valence electrons. The average molecular weight is 250 g/mol. The molecule has 0 spiro atoms. The Morgan fingerprint density at radius 3 is 2.71 bits per heavy atom. The Balaban J connectivity index is 2.14. The monoisotopic (exact) mass is 250 g/mol. The molecule has 0 aliphatic rings. The summed E-state index contributed by atoms with van der Waals surface area (Å²) in [4.78, 5) is 1.34. The quantitative estimate of drug-likeness (QED) is 0.829. The SMILES string of the molecule is CC(C)c1cc(CC(C)(C)c2ccno2)ns1. The highest BCUT2D eigenvalue weighted by molar-refractivity contribution is 7.05. The Morgan fingerprint density at radius 2 is 2.18 bits per heavy atom. The van der Waals surface area contributed by atoms with E-state index in [-0.39, 0.29) is 5.41 Å². The minimum absolute atomic E-state index is 0.0567. The van der Waals surface area contributed by atoms with E-state index in [0.717, 1.165) is 17.9 Å². The lowest BCUT2D eigenvalue weighted by Crippen LogP contribution is -2.19. The van der Waals surface area contributed by atoms with Gasteiger partial charge in [-0.3, -0.25) is 0 Å². The molecule has 0 radical (unpaired) electrons. The van der Waals surface area contributed by atoms with Gasteiger partial charge in [0.2, 0.25) is 0 Å². The molecule has 2 rings (SSSR count). The van der Waals surface area contributed by atoms with Crippen molar-refractivity contribution in [3.8, 4) is 0 Å². The van der Waals surface area contributed by atoms with Crippen molar-refractivity contribution in [3.63, 3.8) is 0 Å². The Kier molecular flexibility index (Phi) is 3.33. The molecule has 2 heterocycles. The maximum Gasteiger partial charge on any atom is 0.142 e. The Hall–Kier alpha value is -1.16. The lowest BCUT2D eigenvalue weighted by molar-refractivity contribution is 0.313.